The Labute approximate surface area is 162 Å². The van der Waals surface area contributed by atoms with Crippen LogP contribution in [0.1, 0.15) is 45.0 Å². The topological polar surface area (TPSA) is 81.5 Å². The summed E-state index contributed by atoms with van der Waals surface area (Å²) < 4.78 is 8.48. The maximum absolute atomic E-state index is 13.0. The van der Waals surface area contributed by atoms with E-state index in [1.807, 2.05) is 25.6 Å². The minimum Gasteiger partial charge on any atom is -0.463 e. The second-order valence-electron chi connectivity index (χ2n) is 6.51. The molecule has 0 saturated heterocycles. The van der Waals surface area contributed by atoms with Crippen molar-refractivity contribution in [2.45, 2.75) is 46.1 Å². The zero-order valence-corrected chi connectivity index (χ0v) is 16.8. The van der Waals surface area contributed by atoms with Gasteiger partial charge in [0.15, 0.2) is 5.58 Å². The average Bonchev–Trinajstić information content (AvgIpc) is 3.24. The summed E-state index contributed by atoms with van der Waals surface area (Å²) in [5.41, 5.74) is 1.63. The number of thioether (sulfide) groups is 1. The van der Waals surface area contributed by atoms with Crippen molar-refractivity contribution in [1.29, 1.82) is 0 Å². The van der Waals surface area contributed by atoms with Crippen molar-refractivity contribution in [3.8, 4) is 0 Å². The van der Waals surface area contributed by atoms with Gasteiger partial charge in [-0.25, -0.2) is 4.68 Å². The number of nitrogens with one attached hydrogen (secondary N) is 1. The number of aromatic nitrogens is 3. The van der Waals surface area contributed by atoms with Gasteiger partial charge in [-0.1, -0.05) is 13.8 Å². The fourth-order valence-electron chi connectivity index (χ4n) is 3.23. The first kappa shape index (κ1) is 19.5. The van der Waals surface area contributed by atoms with Gasteiger partial charge in [0.25, 0.3) is 5.56 Å². The van der Waals surface area contributed by atoms with Crippen LogP contribution in [0.5, 0.6) is 0 Å². The number of rotatable bonds is 9. The molecule has 8 heteroatoms. The minimum absolute atomic E-state index is 0.161. The number of nitrogens with zero attached hydrogens (tertiary/aromatic N) is 3. The van der Waals surface area contributed by atoms with Crippen LogP contribution in [0.3, 0.4) is 0 Å². The molecule has 0 spiro atoms. The molecular formula is C19H26N4O3S. The van der Waals surface area contributed by atoms with Crippen LogP contribution in [-0.2, 0) is 4.79 Å². The van der Waals surface area contributed by atoms with Crippen molar-refractivity contribution in [1.82, 2.24) is 19.5 Å². The molecule has 7 nitrogen and oxygen atoms in total. The SMILES string of the molecule is CCCSCCCNC(=O)C(CC)n1nc(C)n2c(cc3occc32)c1=O. The second-order valence-corrected chi connectivity index (χ2v) is 7.74. The number of amides is 1. The van der Waals surface area contributed by atoms with Crippen molar-refractivity contribution in [2.75, 3.05) is 18.1 Å². The number of carbonyl (C=O) groups excluding carboxylic acids is 1. The van der Waals surface area contributed by atoms with E-state index in [-0.39, 0.29) is 11.5 Å². The molecule has 1 unspecified atom stereocenters. The molecule has 3 aromatic heterocycles. The molecule has 0 saturated carbocycles. The number of hydrogen-bond donors (Lipinski definition) is 1. The number of carbonyl (C=O) groups is 1. The molecule has 0 aliphatic carbocycles. The van der Waals surface area contributed by atoms with Crippen molar-refractivity contribution in [2.24, 2.45) is 0 Å². The quantitative estimate of drug-likeness (QED) is 0.568. The van der Waals surface area contributed by atoms with Gasteiger partial charge >= 0.3 is 0 Å². The molecule has 1 amide bonds. The van der Waals surface area contributed by atoms with Crippen molar-refractivity contribution in [3.63, 3.8) is 0 Å². The van der Waals surface area contributed by atoms with E-state index in [1.165, 1.54) is 4.68 Å². The number of fused-ring (bicyclic) bond motifs is 3. The highest BCUT2D eigenvalue weighted by Gasteiger charge is 2.23. The fourth-order valence-corrected chi connectivity index (χ4v) is 4.07. The average molecular weight is 391 g/mol. The summed E-state index contributed by atoms with van der Waals surface area (Å²) in [6.07, 6.45) is 4.16. The van der Waals surface area contributed by atoms with Gasteiger partial charge in [-0.05, 0) is 37.7 Å². The monoisotopic (exact) mass is 390 g/mol. The van der Waals surface area contributed by atoms with Crippen LogP contribution >= 0.6 is 11.8 Å². The van der Waals surface area contributed by atoms with Crippen LogP contribution in [0.25, 0.3) is 16.6 Å². The standard InChI is InChI=1S/C19H26N4O3S/c1-4-10-27-11-6-8-20-18(24)14(5-2)23-19(25)16-12-17-15(7-9-26-17)22(16)13(3)21-23/h7,9,12,14H,4-6,8,10-11H2,1-3H3,(H,20,24). The van der Waals surface area contributed by atoms with Crippen LogP contribution in [0, 0.1) is 6.92 Å². The van der Waals surface area contributed by atoms with Gasteiger partial charge < -0.3 is 9.73 Å². The summed E-state index contributed by atoms with van der Waals surface area (Å²) >= 11 is 1.89. The Balaban J connectivity index is 1.80. The second kappa shape index (κ2) is 8.65. The largest absolute Gasteiger partial charge is 0.463 e. The van der Waals surface area contributed by atoms with Crippen LogP contribution in [0.4, 0.5) is 0 Å². The maximum atomic E-state index is 13.0. The highest BCUT2D eigenvalue weighted by Crippen LogP contribution is 2.21. The molecule has 0 bridgehead atoms. The smallest absolute Gasteiger partial charge is 0.291 e. The number of furan rings is 1. The third kappa shape index (κ3) is 3.90. The lowest BCUT2D eigenvalue weighted by Gasteiger charge is -2.18. The van der Waals surface area contributed by atoms with E-state index in [2.05, 4.69) is 17.3 Å². The summed E-state index contributed by atoms with van der Waals surface area (Å²) in [5.74, 6) is 2.65. The Morgan fingerprint density at radius 1 is 1.33 bits per heavy atom. The van der Waals surface area contributed by atoms with Crippen LogP contribution in [0.15, 0.2) is 27.6 Å². The Bertz CT molecular complexity index is 988. The highest BCUT2D eigenvalue weighted by molar-refractivity contribution is 7.99. The van der Waals surface area contributed by atoms with E-state index in [0.717, 1.165) is 29.9 Å². The molecule has 3 heterocycles. The van der Waals surface area contributed by atoms with E-state index in [9.17, 15) is 9.59 Å². The third-order valence-electron chi connectivity index (χ3n) is 4.52. The van der Waals surface area contributed by atoms with Gasteiger partial charge in [0.2, 0.25) is 5.91 Å². The van der Waals surface area contributed by atoms with Gasteiger partial charge in [0, 0.05) is 18.7 Å². The normalized spacial score (nSPS) is 12.7. The van der Waals surface area contributed by atoms with E-state index in [1.54, 1.807) is 22.8 Å². The molecule has 1 N–H and O–H groups in total. The number of aryl methyl sites for hydroxylation is 1. The molecule has 0 aromatic carbocycles. The van der Waals surface area contributed by atoms with E-state index in [0.29, 0.717) is 29.9 Å². The predicted octanol–water partition coefficient (Wildman–Crippen LogP) is 3.15. The molecule has 3 rings (SSSR count). The van der Waals surface area contributed by atoms with Gasteiger partial charge in [-0.15, -0.1) is 0 Å². The fraction of sp³-hybridized carbons (Fsp3) is 0.526. The lowest BCUT2D eigenvalue weighted by Crippen LogP contribution is -2.39. The minimum atomic E-state index is -0.620. The first-order chi connectivity index (χ1) is 13.1. The lowest BCUT2D eigenvalue weighted by atomic mass is 10.2. The zero-order valence-electron chi connectivity index (χ0n) is 16.0. The Kier molecular flexibility index (Phi) is 6.26. The van der Waals surface area contributed by atoms with Crippen LogP contribution in [-0.4, -0.2) is 38.1 Å². The van der Waals surface area contributed by atoms with Gasteiger partial charge in [-0.3, -0.25) is 14.0 Å². The van der Waals surface area contributed by atoms with Gasteiger partial charge in [0.05, 0.1) is 11.8 Å². The molecule has 27 heavy (non-hydrogen) atoms. The summed E-state index contributed by atoms with van der Waals surface area (Å²) in [4.78, 5) is 25.6. The first-order valence-corrected chi connectivity index (χ1v) is 10.6. The third-order valence-corrected chi connectivity index (χ3v) is 5.80. The summed E-state index contributed by atoms with van der Waals surface area (Å²) in [6.45, 7) is 6.48. The first-order valence-electron chi connectivity index (χ1n) is 9.42. The molecular weight excluding hydrogens is 364 g/mol. The molecule has 1 atom stereocenters. The number of hydrogen-bond acceptors (Lipinski definition) is 5. The summed E-state index contributed by atoms with van der Waals surface area (Å²) in [6, 6.07) is 2.89. The molecule has 0 radical (unpaired) electrons. The molecule has 0 aliphatic rings. The summed E-state index contributed by atoms with van der Waals surface area (Å²) in [5, 5.41) is 7.37. The van der Waals surface area contributed by atoms with Gasteiger partial charge in [0.1, 0.15) is 17.4 Å². The van der Waals surface area contributed by atoms with Crippen LogP contribution in [0.2, 0.25) is 0 Å². The Morgan fingerprint density at radius 2 is 2.15 bits per heavy atom. The van der Waals surface area contributed by atoms with E-state index in [4.69, 9.17) is 4.42 Å². The van der Waals surface area contributed by atoms with E-state index >= 15 is 0 Å². The molecule has 146 valence electrons. The van der Waals surface area contributed by atoms with Gasteiger partial charge in [-0.2, -0.15) is 16.9 Å². The van der Waals surface area contributed by atoms with Crippen molar-refractivity contribution < 1.29 is 9.21 Å². The Morgan fingerprint density at radius 3 is 2.89 bits per heavy atom. The van der Waals surface area contributed by atoms with Crippen LogP contribution < -0.4 is 10.9 Å². The van der Waals surface area contributed by atoms with Crippen molar-refractivity contribution >= 4 is 34.3 Å². The summed E-state index contributed by atoms with van der Waals surface area (Å²) in [7, 11) is 0. The molecule has 0 aliphatic heterocycles. The Hall–Kier alpha value is -2.22. The zero-order chi connectivity index (χ0) is 19.4. The molecule has 0 fully saturated rings. The van der Waals surface area contributed by atoms with E-state index < -0.39 is 6.04 Å². The lowest BCUT2D eigenvalue weighted by molar-refractivity contribution is -0.124. The highest BCUT2D eigenvalue weighted by atomic mass is 32.2. The maximum Gasteiger partial charge on any atom is 0.291 e. The molecule has 3 aromatic rings. The van der Waals surface area contributed by atoms with Crippen molar-refractivity contribution in [3.05, 3.63) is 34.6 Å². The predicted molar refractivity (Wildman–Crippen MR) is 109 cm³/mol.